The summed E-state index contributed by atoms with van der Waals surface area (Å²) in [5.74, 6) is -0.553. The molecule has 0 aliphatic carbocycles. The molecule has 6 heteroatoms. The first-order chi connectivity index (χ1) is 13.1. The Hall–Kier alpha value is -3.67. The van der Waals surface area contributed by atoms with Gasteiger partial charge in [0.2, 0.25) is 0 Å². The van der Waals surface area contributed by atoms with Crippen LogP contribution >= 0.6 is 0 Å². The summed E-state index contributed by atoms with van der Waals surface area (Å²) in [5.41, 5.74) is 2.73. The van der Waals surface area contributed by atoms with Gasteiger partial charge in [0, 0.05) is 0 Å². The summed E-state index contributed by atoms with van der Waals surface area (Å²) in [6, 6.07) is 17.0. The Kier molecular flexibility index (Phi) is 4.08. The first-order valence-electron chi connectivity index (χ1n) is 8.23. The van der Waals surface area contributed by atoms with Gasteiger partial charge >= 0.3 is 5.97 Å². The van der Waals surface area contributed by atoms with Crippen LogP contribution in [0.4, 0.5) is 4.39 Å². The third kappa shape index (κ3) is 3.01. The third-order valence-electron chi connectivity index (χ3n) is 4.37. The van der Waals surface area contributed by atoms with Crippen LogP contribution in [0.2, 0.25) is 0 Å². The number of carbonyl (C=O) groups is 1. The van der Waals surface area contributed by atoms with Crippen molar-refractivity contribution >= 4 is 17.0 Å². The molecule has 0 fully saturated rings. The fraction of sp³-hybridized carbons (Fsp3) is 0.0476. The van der Waals surface area contributed by atoms with Crippen molar-refractivity contribution in [1.29, 1.82) is 0 Å². The highest BCUT2D eigenvalue weighted by Crippen LogP contribution is 2.30. The molecule has 0 bridgehead atoms. The number of benzene rings is 3. The van der Waals surface area contributed by atoms with Crippen molar-refractivity contribution < 1.29 is 19.0 Å². The van der Waals surface area contributed by atoms with Crippen molar-refractivity contribution in [2.45, 2.75) is 0 Å². The van der Waals surface area contributed by atoms with Gasteiger partial charge in [-0.2, -0.15) is 0 Å². The minimum atomic E-state index is -1.08. The van der Waals surface area contributed by atoms with E-state index in [4.69, 9.17) is 4.74 Å². The van der Waals surface area contributed by atoms with Crippen molar-refractivity contribution in [1.82, 2.24) is 9.97 Å². The van der Waals surface area contributed by atoms with Gasteiger partial charge in [-0.05, 0) is 47.5 Å². The lowest BCUT2D eigenvalue weighted by Crippen LogP contribution is -1.96. The SMILES string of the molecule is COc1cccc(-c2ccc(-c3nc4c(C(=O)O)cccc4[nH]3)c(F)c2)c1. The van der Waals surface area contributed by atoms with E-state index in [2.05, 4.69) is 9.97 Å². The quantitative estimate of drug-likeness (QED) is 0.550. The van der Waals surface area contributed by atoms with Gasteiger partial charge in [-0.15, -0.1) is 0 Å². The average molecular weight is 362 g/mol. The number of carboxylic acids is 1. The maximum atomic E-state index is 14.8. The summed E-state index contributed by atoms with van der Waals surface area (Å²) in [6.45, 7) is 0. The highest BCUT2D eigenvalue weighted by atomic mass is 19.1. The highest BCUT2D eigenvalue weighted by molar-refractivity contribution is 6.01. The predicted molar refractivity (Wildman–Crippen MR) is 100 cm³/mol. The molecule has 0 saturated carbocycles. The number of carboxylic acid groups (broad SMARTS) is 1. The zero-order valence-electron chi connectivity index (χ0n) is 14.4. The molecule has 0 aliphatic heterocycles. The normalized spacial score (nSPS) is 10.9. The molecule has 0 amide bonds. The van der Waals surface area contributed by atoms with Gasteiger partial charge in [0.1, 0.15) is 22.9 Å². The average Bonchev–Trinajstić information content (AvgIpc) is 3.11. The second kappa shape index (κ2) is 6.57. The molecule has 0 atom stereocenters. The number of nitrogens with zero attached hydrogens (tertiary/aromatic N) is 1. The molecule has 4 rings (SSSR count). The second-order valence-corrected chi connectivity index (χ2v) is 6.02. The Morgan fingerprint density at radius 1 is 1.07 bits per heavy atom. The summed E-state index contributed by atoms with van der Waals surface area (Å²) in [4.78, 5) is 18.6. The standard InChI is InChI=1S/C21H15FN2O3/c1-27-14-5-2-4-12(10-14)13-8-9-15(17(22)11-13)20-23-18-7-3-6-16(21(25)26)19(18)24-20/h2-11H,1H3,(H,23,24)(H,25,26). The highest BCUT2D eigenvalue weighted by Gasteiger charge is 2.16. The molecule has 0 unspecified atom stereocenters. The number of aromatic nitrogens is 2. The van der Waals surface area contributed by atoms with E-state index in [-0.39, 0.29) is 17.0 Å². The number of aromatic carboxylic acids is 1. The molecule has 0 spiro atoms. The molecule has 4 aromatic rings. The Balaban J connectivity index is 1.78. The van der Waals surface area contributed by atoms with E-state index >= 15 is 0 Å². The summed E-state index contributed by atoms with van der Waals surface area (Å²) in [6.07, 6.45) is 0. The van der Waals surface area contributed by atoms with E-state index in [1.807, 2.05) is 24.3 Å². The molecule has 1 heterocycles. The van der Waals surface area contributed by atoms with Crippen LogP contribution in [0.5, 0.6) is 5.75 Å². The maximum absolute atomic E-state index is 14.8. The Labute approximate surface area is 154 Å². The number of para-hydroxylation sites is 1. The fourth-order valence-corrected chi connectivity index (χ4v) is 3.02. The number of fused-ring (bicyclic) bond motifs is 1. The first-order valence-corrected chi connectivity index (χ1v) is 8.23. The van der Waals surface area contributed by atoms with E-state index in [9.17, 15) is 14.3 Å². The van der Waals surface area contributed by atoms with Crippen molar-refractivity contribution in [3.63, 3.8) is 0 Å². The largest absolute Gasteiger partial charge is 0.497 e. The van der Waals surface area contributed by atoms with E-state index in [1.54, 1.807) is 31.4 Å². The molecule has 5 nitrogen and oxygen atoms in total. The Morgan fingerprint density at radius 3 is 2.59 bits per heavy atom. The van der Waals surface area contributed by atoms with Crippen LogP contribution in [0.25, 0.3) is 33.5 Å². The van der Waals surface area contributed by atoms with Crippen LogP contribution in [0.3, 0.4) is 0 Å². The van der Waals surface area contributed by atoms with Crippen molar-refractivity contribution in [3.05, 3.63) is 72.0 Å². The number of hydrogen-bond acceptors (Lipinski definition) is 3. The van der Waals surface area contributed by atoms with Crippen molar-refractivity contribution in [2.24, 2.45) is 0 Å². The van der Waals surface area contributed by atoms with E-state index < -0.39 is 11.8 Å². The number of ether oxygens (including phenoxy) is 1. The topological polar surface area (TPSA) is 75.2 Å². The number of hydrogen-bond donors (Lipinski definition) is 2. The van der Waals surface area contributed by atoms with Gasteiger partial charge in [0.05, 0.1) is 23.8 Å². The molecule has 0 saturated heterocycles. The smallest absolute Gasteiger partial charge is 0.337 e. The van der Waals surface area contributed by atoms with Gasteiger partial charge in [-0.3, -0.25) is 0 Å². The minimum Gasteiger partial charge on any atom is -0.497 e. The maximum Gasteiger partial charge on any atom is 0.337 e. The summed E-state index contributed by atoms with van der Waals surface area (Å²) in [7, 11) is 1.58. The van der Waals surface area contributed by atoms with Crippen LogP contribution in [-0.2, 0) is 0 Å². The number of H-pyrrole nitrogens is 1. The summed E-state index contributed by atoms with van der Waals surface area (Å²) < 4.78 is 20.0. The van der Waals surface area contributed by atoms with Crippen molar-refractivity contribution in [2.75, 3.05) is 7.11 Å². The minimum absolute atomic E-state index is 0.0726. The molecular formula is C21H15FN2O3. The van der Waals surface area contributed by atoms with Crippen LogP contribution in [0.1, 0.15) is 10.4 Å². The lowest BCUT2D eigenvalue weighted by molar-refractivity contribution is 0.0699. The summed E-state index contributed by atoms with van der Waals surface area (Å²) in [5, 5.41) is 9.28. The zero-order chi connectivity index (χ0) is 19.0. The zero-order valence-corrected chi connectivity index (χ0v) is 14.4. The molecule has 1 aromatic heterocycles. The predicted octanol–water partition coefficient (Wildman–Crippen LogP) is 4.74. The van der Waals surface area contributed by atoms with Crippen LogP contribution in [0.15, 0.2) is 60.7 Å². The van der Waals surface area contributed by atoms with Crippen LogP contribution in [0, 0.1) is 5.82 Å². The first kappa shape index (κ1) is 16.8. The second-order valence-electron chi connectivity index (χ2n) is 6.02. The number of rotatable bonds is 4. The number of imidazole rings is 1. The Morgan fingerprint density at radius 2 is 1.85 bits per heavy atom. The molecule has 2 N–H and O–H groups in total. The van der Waals surface area contributed by atoms with Crippen molar-refractivity contribution in [3.8, 4) is 28.3 Å². The van der Waals surface area contributed by atoms with E-state index in [0.717, 1.165) is 5.56 Å². The molecule has 0 radical (unpaired) electrons. The lowest BCUT2D eigenvalue weighted by Gasteiger charge is -2.07. The molecular weight excluding hydrogens is 347 g/mol. The monoisotopic (exact) mass is 362 g/mol. The molecule has 0 aliphatic rings. The summed E-state index contributed by atoms with van der Waals surface area (Å²) >= 11 is 0. The Bertz CT molecular complexity index is 1170. The number of methoxy groups -OCH3 is 1. The van der Waals surface area contributed by atoms with Gasteiger partial charge in [-0.1, -0.05) is 24.3 Å². The number of halogens is 1. The fourth-order valence-electron chi connectivity index (χ4n) is 3.02. The molecule has 3 aromatic carbocycles. The van der Waals surface area contributed by atoms with E-state index in [1.165, 1.54) is 12.1 Å². The molecule has 27 heavy (non-hydrogen) atoms. The third-order valence-corrected chi connectivity index (χ3v) is 4.37. The van der Waals surface area contributed by atoms with Gasteiger partial charge in [0.15, 0.2) is 0 Å². The van der Waals surface area contributed by atoms with Gasteiger partial charge in [-0.25, -0.2) is 14.2 Å². The van der Waals surface area contributed by atoms with Gasteiger partial charge in [0.25, 0.3) is 0 Å². The number of nitrogens with one attached hydrogen (secondary N) is 1. The number of aromatic amines is 1. The van der Waals surface area contributed by atoms with Crippen LogP contribution < -0.4 is 4.74 Å². The van der Waals surface area contributed by atoms with Crippen LogP contribution in [-0.4, -0.2) is 28.2 Å². The van der Waals surface area contributed by atoms with Gasteiger partial charge < -0.3 is 14.8 Å². The lowest BCUT2D eigenvalue weighted by atomic mass is 10.0. The van der Waals surface area contributed by atoms with E-state index in [0.29, 0.717) is 22.3 Å². The molecule has 134 valence electrons.